The number of nitrogens with zero attached hydrogens (tertiary/aromatic N) is 1. The molecule has 3 aromatic rings. The molecule has 0 bridgehead atoms. The first-order chi connectivity index (χ1) is 11.8. The second kappa shape index (κ2) is 6.81. The predicted molar refractivity (Wildman–Crippen MR) is 95.7 cm³/mol. The summed E-state index contributed by atoms with van der Waals surface area (Å²) in [5, 5.41) is 5.19. The molecular weight excluding hydrogens is 344 g/mol. The summed E-state index contributed by atoms with van der Waals surface area (Å²) in [7, 11) is 0. The molecule has 1 aliphatic rings. The third kappa shape index (κ3) is 3.24. The Morgan fingerprint density at radius 2 is 1.96 bits per heavy atom. The van der Waals surface area contributed by atoms with Crippen molar-refractivity contribution in [2.24, 2.45) is 0 Å². The van der Waals surface area contributed by atoms with Crippen molar-refractivity contribution in [3.63, 3.8) is 0 Å². The van der Waals surface area contributed by atoms with Crippen LogP contribution >= 0.6 is 22.9 Å². The first-order valence-electron chi connectivity index (χ1n) is 7.58. The molecule has 0 spiro atoms. The molecule has 122 valence electrons. The second-order valence-corrected chi connectivity index (χ2v) is 6.91. The zero-order valence-electron chi connectivity index (χ0n) is 12.8. The predicted octanol–water partition coefficient (Wildman–Crippen LogP) is 4.48. The van der Waals surface area contributed by atoms with Crippen molar-refractivity contribution in [2.75, 3.05) is 6.79 Å². The Hall–Kier alpha value is -2.08. The lowest BCUT2D eigenvalue weighted by Gasteiger charge is -2.04. The summed E-state index contributed by atoms with van der Waals surface area (Å²) in [5.74, 6) is 1.62. The Morgan fingerprint density at radius 3 is 2.88 bits per heavy atom. The Bertz CT molecular complexity index is 866. The van der Waals surface area contributed by atoms with Crippen molar-refractivity contribution in [1.82, 2.24) is 10.3 Å². The maximum absolute atomic E-state index is 6.24. The minimum absolute atomic E-state index is 0.302. The maximum Gasteiger partial charge on any atom is 0.231 e. The molecule has 0 amide bonds. The largest absolute Gasteiger partial charge is 0.454 e. The molecule has 1 aromatic heterocycles. The third-order valence-corrected chi connectivity index (χ3v) is 5.10. The van der Waals surface area contributed by atoms with Gasteiger partial charge in [0.25, 0.3) is 0 Å². The first kappa shape index (κ1) is 15.4. The fraction of sp³-hybridized carbons (Fsp3) is 0.167. The first-order valence-corrected chi connectivity index (χ1v) is 8.78. The van der Waals surface area contributed by atoms with Crippen LogP contribution in [0.5, 0.6) is 11.5 Å². The van der Waals surface area contributed by atoms with E-state index in [1.165, 1.54) is 0 Å². The number of thiazole rings is 1. The van der Waals surface area contributed by atoms with Gasteiger partial charge in [-0.2, -0.15) is 0 Å². The van der Waals surface area contributed by atoms with Gasteiger partial charge in [-0.3, -0.25) is 0 Å². The van der Waals surface area contributed by atoms with E-state index in [9.17, 15) is 0 Å². The van der Waals surface area contributed by atoms with Crippen LogP contribution in [0.4, 0.5) is 0 Å². The van der Waals surface area contributed by atoms with E-state index in [0.29, 0.717) is 13.3 Å². The van der Waals surface area contributed by atoms with Crippen LogP contribution in [-0.4, -0.2) is 11.8 Å². The highest BCUT2D eigenvalue weighted by molar-refractivity contribution is 7.15. The summed E-state index contributed by atoms with van der Waals surface area (Å²) in [5.41, 5.74) is 2.18. The van der Waals surface area contributed by atoms with E-state index in [2.05, 4.69) is 10.3 Å². The SMILES string of the molecule is Clc1ccccc1-c1cnc(CNCc2ccc3c(c2)OCO3)s1. The molecule has 4 rings (SSSR count). The van der Waals surface area contributed by atoms with Crippen molar-refractivity contribution in [3.05, 3.63) is 64.3 Å². The van der Waals surface area contributed by atoms with Gasteiger partial charge in [0.1, 0.15) is 5.01 Å². The van der Waals surface area contributed by atoms with Crippen molar-refractivity contribution in [1.29, 1.82) is 0 Å². The number of rotatable bonds is 5. The van der Waals surface area contributed by atoms with Crippen LogP contribution in [0.3, 0.4) is 0 Å². The number of nitrogens with one attached hydrogen (secondary N) is 1. The van der Waals surface area contributed by atoms with Gasteiger partial charge >= 0.3 is 0 Å². The molecule has 2 aromatic carbocycles. The number of ether oxygens (including phenoxy) is 2. The molecule has 24 heavy (non-hydrogen) atoms. The van der Waals surface area contributed by atoms with E-state index in [4.69, 9.17) is 21.1 Å². The molecule has 0 fully saturated rings. The molecule has 0 saturated carbocycles. The van der Waals surface area contributed by atoms with Crippen molar-refractivity contribution in [3.8, 4) is 21.9 Å². The van der Waals surface area contributed by atoms with E-state index < -0.39 is 0 Å². The van der Waals surface area contributed by atoms with E-state index in [1.54, 1.807) is 11.3 Å². The van der Waals surface area contributed by atoms with Gasteiger partial charge in [0.15, 0.2) is 11.5 Å². The molecule has 1 N–H and O–H groups in total. The van der Waals surface area contributed by atoms with Gasteiger partial charge in [0.2, 0.25) is 6.79 Å². The Morgan fingerprint density at radius 1 is 1.08 bits per heavy atom. The highest BCUT2D eigenvalue weighted by atomic mass is 35.5. The topological polar surface area (TPSA) is 43.4 Å². The van der Waals surface area contributed by atoms with Crippen LogP contribution in [0, 0.1) is 0 Å². The van der Waals surface area contributed by atoms with Gasteiger partial charge < -0.3 is 14.8 Å². The highest BCUT2D eigenvalue weighted by Crippen LogP contribution is 2.33. The summed E-state index contributed by atoms with van der Waals surface area (Å²) in [6, 6.07) is 13.8. The van der Waals surface area contributed by atoms with Crippen molar-refractivity contribution < 1.29 is 9.47 Å². The molecule has 4 nitrogen and oxygen atoms in total. The molecule has 0 saturated heterocycles. The molecule has 6 heteroatoms. The van der Waals surface area contributed by atoms with E-state index in [1.807, 2.05) is 48.7 Å². The molecular formula is C18H15ClN2O2S. The van der Waals surface area contributed by atoms with E-state index in [-0.39, 0.29) is 0 Å². The average Bonchev–Trinajstić information content (AvgIpc) is 3.24. The average molecular weight is 359 g/mol. The summed E-state index contributed by atoms with van der Waals surface area (Å²) < 4.78 is 10.7. The van der Waals surface area contributed by atoms with Crippen LogP contribution in [-0.2, 0) is 13.1 Å². The third-order valence-electron chi connectivity index (χ3n) is 3.74. The zero-order chi connectivity index (χ0) is 16.4. The fourth-order valence-corrected chi connectivity index (χ4v) is 3.76. The minimum Gasteiger partial charge on any atom is -0.454 e. The minimum atomic E-state index is 0.302. The van der Waals surface area contributed by atoms with Gasteiger partial charge in [-0.05, 0) is 23.8 Å². The number of halogens is 1. The number of fused-ring (bicyclic) bond motifs is 1. The lowest BCUT2D eigenvalue weighted by atomic mass is 10.2. The van der Waals surface area contributed by atoms with Crippen molar-refractivity contribution in [2.45, 2.75) is 13.1 Å². The second-order valence-electron chi connectivity index (χ2n) is 5.39. The highest BCUT2D eigenvalue weighted by Gasteiger charge is 2.13. The summed E-state index contributed by atoms with van der Waals surface area (Å²) in [6.07, 6.45) is 1.88. The number of aromatic nitrogens is 1. The molecule has 2 heterocycles. The Balaban J connectivity index is 1.38. The summed E-state index contributed by atoms with van der Waals surface area (Å²) in [6.45, 7) is 1.76. The lowest BCUT2D eigenvalue weighted by molar-refractivity contribution is 0.174. The van der Waals surface area contributed by atoms with Gasteiger partial charge in [-0.25, -0.2) is 4.98 Å². The Labute approximate surface area is 149 Å². The smallest absolute Gasteiger partial charge is 0.231 e. The Kier molecular flexibility index (Phi) is 4.38. The van der Waals surface area contributed by atoms with Gasteiger partial charge in [-0.15, -0.1) is 11.3 Å². The quantitative estimate of drug-likeness (QED) is 0.730. The van der Waals surface area contributed by atoms with Crippen LogP contribution in [0.25, 0.3) is 10.4 Å². The maximum atomic E-state index is 6.24. The standard InChI is InChI=1S/C18H15ClN2O2S/c19-14-4-2-1-3-13(14)17-9-21-18(24-17)10-20-8-12-5-6-15-16(7-12)23-11-22-15/h1-7,9,20H,8,10-11H2. The van der Waals surface area contributed by atoms with E-state index in [0.717, 1.165) is 44.1 Å². The fourth-order valence-electron chi connectivity index (χ4n) is 2.54. The monoisotopic (exact) mass is 358 g/mol. The summed E-state index contributed by atoms with van der Waals surface area (Å²) >= 11 is 7.89. The van der Waals surface area contributed by atoms with Crippen molar-refractivity contribution >= 4 is 22.9 Å². The molecule has 0 unspecified atom stereocenters. The zero-order valence-corrected chi connectivity index (χ0v) is 14.4. The molecule has 0 radical (unpaired) electrons. The molecule has 0 aliphatic carbocycles. The number of hydrogen-bond donors (Lipinski definition) is 1. The van der Waals surface area contributed by atoms with Crippen LogP contribution in [0.1, 0.15) is 10.6 Å². The van der Waals surface area contributed by atoms with Gasteiger partial charge in [0.05, 0.1) is 4.88 Å². The number of hydrogen-bond acceptors (Lipinski definition) is 5. The van der Waals surface area contributed by atoms with Crippen LogP contribution in [0.2, 0.25) is 5.02 Å². The molecule has 1 aliphatic heterocycles. The van der Waals surface area contributed by atoms with Gasteiger partial charge in [0, 0.05) is 29.9 Å². The number of benzene rings is 2. The normalized spacial score (nSPS) is 12.5. The molecule has 0 atom stereocenters. The van der Waals surface area contributed by atoms with E-state index >= 15 is 0 Å². The van der Waals surface area contributed by atoms with Gasteiger partial charge in [-0.1, -0.05) is 35.9 Å². The lowest BCUT2D eigenvalue weighted by Crippen LogP contribution is -2.12. The van der Waals surface area contributed by atoms with Crippen LogP contribution in [0.15, 0.2) is 48.7 Å². The summed E-state index contributed by atoms with van der Waals surface area (Å²) in [4.78, 5) is 5.56. The van der Waals surface area contributed by atoms with Crippen LogP contribution < -0.4 is 14.8 Å².